The first-order valence-electron chi connectivity index (χ1n) is 6.26. The summed E-state index contributed by atoms with van der Waals surface area (Å²) in [5.74, 6) is 0.810. The summed E-state index contributed by atoms with van der Waals surface area (Å²) in [6.07, 6.45) is 5.44. The van der Waals surface area contributed by atoms with Crippen LogP contribution in [0.5, 0.6) is 0 Å². The molecule has 2 nitrogen and oxygen atoms in total. The Morgan fingerprint density at radius 1 is 1.29 bits per heavy atom. The lowest BCUT2D eigenvalue weighted by molar-refractivity contribution is 0.283. The summed E-state index contributed by atoms with van der Waals surface area (Å²) in [6, 6.07) is 0. The van der Waals surface area contributed by atoms with Gasteiger partial charge in [-0.25, -0.2) is 0 Å². The molecule has 1 aliphatic rings. The van der Waals surface area contributed by atoms with E-state index >= 15 is 0 Å². The van der Waals surface area contributed by atoms with Crippen molar-refractivity contribution in [3.8, 4) is 0 Å². The van der Waals surface area contributed by atoms with Crippen molar-refractivity contribution in [3.63, 3.8) is 0 Å². The summed E-state index contributed by atoms with van der Waals surface area (Å²) >= 11 is 0. The fourth-order valence-electron chi connectivity index (χ4n) is 2.12. The lowest BCUT2D eigenvalue weighted by atomic mass is 10.1. The van der Waals surface area contributed by atoms with Gasteiger partial charge in [0.1, 0.15) is 0 Å². The van der Waals surface area contributed by atoms with Gasteiger partial charge in [0, 0.05) is 6.54 Å². The van der Waals surface area contributed by atoms with Gasteiger partial charge in [-0.05, 0) is 51.4 Å². The summed E-state index contributed by atoms with van der Waals surface area (Å²) < 4.78 is 0. The Labute approximate surface area is 89.1 Å². The summed E-state index contributed by atoms with van der Waals surface area (Å²) in [4.78, 5) is 2.60. The third-order valence-corrected chi connectivity index (χ3v) is 2.97. The van der Waals surface area contributed by atoms with E-state index in [1.54, 1.807) is 0 Å². The third kappa shape index (κ3) is 4.97. The molecular weight excluding hydrogens is 172 g/mol. The highest BCUT2D eigenvalue weighted by atomic mass is 15.1. The minimum Gasteiger partial charge on any atom is -0.316 e. The molecule has 1 rings (SSSR count). The van der Waals surface area contributed by atoms with Gasteiger partial charge in [-0.2, -0.15) is 0 Å². The molecule has 0 amide bonds. The van der Waals surface area contributed by atoms with Crippen LogP contribution in [0.1, 0.15) is 39.5 Å². The van der Waals surface area contributed by atoms with Crippen LogP contribution in [0.15, 0.2) is 0 Å². The molecule has 0 aromatic carbocycles. The van der Waals surface area contributed by atoms with Crippen molar-refractivity contribution >= 4 is 0 Å². The van der Waals surface area contributed by atoms with Crippen LogP contribution < -0.4 is 5.32 Å². The van der Waals surface area contributed by atoms with Crippen LogP contribution in [0.25, 0.3) is 0 Å². The van der Waals surface area contributed by atoms with Crippen LogP contribution in [0, 0.1) is 5.92 Å². The topological polar surface area (TPSA) is 15.3 Å². The summed E-state index contributed by atoms with van der Waals surface area (Å²) in [5, 5.41) is 3.53. The molecule has 14 heavy (non-hydrogen) atoms. The van der Waals surface area contributed by atoms with Crippen molar-refractivity contribution in [2.45, 2.75) is 39.5 Å². The van der Waals surface area contributed by atoms with E-state index in [1.165, 1.54) is 58.4 Å². The SMILES string of the molecule is CCCCNCC(C)CN1CCCC1. The monoisotopic (exact) mass is 198 g/mol. The highest BCUT2D eigenvalue weighted by molar-refractivity contribution is 4.69. The molecule has 0 saturated carbocycles. The van der Waals surface area contributed by atoms with Crippen LogP contribution in [0.2, 0.25) is 0 Å². The largest absolute Gasteiger partial charge is 0.316 e. The van der Waals surface area contributed by atoms with Crippen molar-refractivity contribution in [1.82, 2.24) is 10.2 Å². The number of hydrogen-bond acceptors (Lipinski definition) is 2. The van der Waals surface area contributed by atoms with Crippen molar-refractivity contribution in [3.05, 3.63) is 0 Å². The maximum Gasteiger partial charge on any atom is 0.00191 e. The van der Waals surface area contributed by atoms with E-state index in [-0.39, 0.29) is 0 Å². The zero-order valence-electron chi connectivity index (χ0n) is 9.89. The molecule has 1 unspecified atom stereocenters. The van der Waals surface area contributed by atoms with Gasteiger partial charge in [0.2, 0.25) is 0 Å². The van der Waals surface area contributed by atoms with Gasteiger partial charge in [-0.15, -0.1) is 0 Å². The van der Waals surface area contributed by atoms with E-state index in [4.69, 9.17) is 0 Å². The van der Waals surface area contributed by atoms with E-state index in [9.17, 15) is 0 Å². The van der Waals surface area contributed by atoms with E-state index in [2.05, 4.69) is 24.1 Å². The molecule has 2 heteroatoms. The Kier molecular flexibility index (Phi) is 6.20. The molecular formula is C12H26N2. The Balaban J connectivity index is 1.95. The molecule has 84 valence electrons. The summed E-state index contributed by atoms with van der Waals surface area (Å²) in [5.41, 5.74) is 0. The van der Waals surface area contributed by atoms with E-state index < -0.39 is 0 Å². The highest BCUT2D eigenvalue weighted by Crippen LogP contribution is 2.09. The third-order valence-electron chi connectivity index (χ3n) is 2.97. The zero-order valence-corrected chi connectivity index (χ0v) is 9.89. The molecule has 0 bridgehead atoms. The zero-order chi connectivity index (χ0) is 10.2. The fourth-order valence-corrected chi connectivity index (χ4v) is 2.12. The average Bonchev–Trinajstić information content (AvgIpc) is 2.65. The number of nitrogens with zero attached hydrogens (tertiary/aromatic N) is 1. The van der Waals surface area contributed by atoms with Crippen LogP contribution in [-0.2, 0) is 0 Å². The van der Waals surface area contributed by atoms with E-state index in [1.807, 2.05) is 0 Å². The van der Waals surface area contributed by atoms with Crippen molar-refractivity contribution < 1.29 is 0 Å². The minimum absolute atomic E-state index is 0.810. The predicted octanol–water partition coefficient (Wildman–Crippen LogP) is 2.11. The Bertz CT molecular complexity index is 130. The molecule has 1 atom stereocenters. The van der Waals surface area contributed by atoms with Crippen molar-refractivity contribution in [2.24, 2.45) is 5.92 Å². The van der Waals surface area contributed by atoms with E-state index in [0.717, 1.165) is 5.92 Å². The number of rotatable bonds is 7. The van der Waals surface area contributed by atoms with Gasteiger partial charge in [0.05, 0.1) is 0 Å². The molecule has 0 aromatic rings. The number of hydrogen-bond donors (Lipinski definition) is 1. The average molecular weight is 198 g/mol. The second kappa shape index (κ2) is 7.24. The normalized spacial score (nSPS) is 20.1. The molecule has 1 saturated heterocycles. The summed E-state index contributed by atoms with van der Waals surface area (Å²) in [6.45, 7) is 10.9. The minimum atomic E-state index is 0.810. The first-order valence-corrected chi connectivity index (χ1v) is 6.26. The van der Waals surface area contributed by atoms with Gasteiger partial charge in [-0.1, -0.05) is 20.3 Å². The Morgan fingerprint density at radius 3 is 2.64 bits per heavy atom. The first-order chi connectivity index (χ1) is 6.83. The van der Waals surface area contributed by atoms with E-state index in [0.29, 0.717) is 0 Å². The van der Waals surface area contributed by atoms with Gasteiger partial charge in [-0.3, -0.25) is 0 Å². The maximum absolute atomic E-state index is 3.53. The first kappa shape index (κ1) is 12.0. The number of unbranched alkanes of at least 4 members (excludes halogenated alkanes) is 1. The molecule has 0 aliphatic carbocycles. The van der Waals surface area contributed by atoms with Gasteiger partial charge in [0.25, 0.3) is 0 Å². The van der Waals surface area contributed by atoms with Crippen LogP contribution in [-0.4, -0.2) is 37.6 Å². The molecule has 1 fully saturated rings. The number of nitrogens with one attached hydrogen (secondary N) is 1. The lowest BCUT2D eigenvalue weighted by Gasteiger charge is -2.20. The quantitative estimate of drug-likeness (QED) is 0.630. The number of likely N-dealkylation sites (tertiary alicyclic amines) is 1. The second-order valence-corrected chi connectivity index (χ2v) is 4.67. The van der Waals surface area contributed by atoms with Crippen molar-refractivity contribution in [1.29, 1.82) is 0 Å². The lowest BCUT2D eigenvalue weighted by Crippen LogP contribution is -2.32. The Hall–Kier alpha value is -0.0800. The molecule has 1 N–H and O–H groups in total. The van der Waals surface area contributed by atoms with Crippen LogP contribution >= 0.6 is 0 Å². The molecule has 1 aliphatic heterocycles. The summed E-state index contributed by atoms with van der Waals surface area (Å²) in [7, 11) is 0. The molecule has 0 radical (unpaired) electrons. The van der Waals surface area contributed by atoms with Gasteiger partial charge >= 0.3 is 0 Å². The molecule has 1 heterocycles. The standard InChI is InChI=1S/C12H26N2/c1-3-4-7-13-10-12(2)11-14-8-5-6-9-14/h12-13H,3-11H2,1-2H3. The molecule has 0 aromatic heterocycles. The predicted molar refractivity (Wildman–Crippen MR) is 62.6 cm³/mol. The Morgan fingerprint density at radius 2 is 2.00 bits per heavy atom. The molecule has 0 spiro atoms. The highest BCUT2D eigenvalue weighted by Gasteiger charge is 2.13. The maximum atomic E-state index is 3.53. The smallest absolute Gasteiger partial charge is 0.00191 e. The van der Waals surface area contributed by atoms with Crippen LogP contribution in [0.3, 0.4) is 0 Å². The van der Waals surface area contributed by atoms with Crippen molar-refractivity contribution in [2.75, 3.05) is 32.7 Å². The fraction of sp³-hybridized carbons (Fsp3) is 1.00. The van der Waals surface area contributed by atoms with Gasteiger partial charge in [0.15, 0.2) is 0 Å². The van der Waals surface area contributed by atoms with Gasteiger partial charge < -0.3 is 10.2 Å². The van der Waals surface area contributed by atoms with Crippen LogP contribution in [0.4, 0.5) is 0 Å². The second-order valence-electron chi connectivity index (χ2n) is 4.67.